The Morgan fingerprint density at radius 2 is 0.362 bits per heavy atom. The Morgan fingerprint density at radius 3 is 0.543 bits per heavy atom. The first-order chi connectivity index (χ1) is 60.3. The van der Waals surface area contributed by atoms with Gasteiger partial charge in [-0.3, -0.25) is 0 Å². The van der Waals surface area contributed by atoms with Crippen LogP contribution < -0.4 is 0 Å². The van der Waals surface area contributed by atoms with Crippen molar-refractivity contribution in [2.45, 2.75) is 512 Å². The van der Waals surface area contributed by atoms with E-state index in [1.54, 1.807) is 22.3 Å². The molecule has 0 saturated heterocycles. The average Bonchev–Trinajstić information content (AvgIpc) is 1.37. The zero-order valence-electron chi connectivity index (χ0n) is 106. The third kappa shape index (κ3) is 15.9. The number of allylic oxidation sites excluding steroid dienone is 8. The van der Waals surface area contributed by atoms with Crippen LogP contribution in [0.5, 0.6) is 0 Å². The monoisotopic (exact) mass is 1880 g/mol. The van der Waals surface area contributed by atoms with E-state index >= 15 is 0 Å². The third-order valence-corrected chi connectivity index (χ3v) is 54.6. The van der Waals surface area contributed by atoms with Gasteiger partial charge in [0.1, 0.15) is 0 Å². The van der Waals surface area contributed by atoms with Crippen molar-refractivity contribution in [2.24, 2.45) is 162 Å². The van der Waals surface area contributed by atoms with Crippen LogP contribution >= 0.6 is 0 Å². The van der Waals surface area contributed by atoms with E-state index in [1.807, 2.05) is 13.8 Å². The smallest absolute Gasteiger partial charge is 0.0428 e. The number of hydrogen-bond acceptors (Lipinski definition) is 0. The molecule has 11 aliphatic carbocycles. The van der Waals surface area contributed by atoms with E-state index in [1.165, 1.54) is 77.9 Å². The normalized spacial score (nSPS) is 30.9. The van der Waals surface area contributed by atoms with Crippen LogP contribution in [0.4, 0.5) is 0 Å². The third-order valence-electron chi connectivity index (χ3n) is 54.6. The highest BCUT2D eigenvalue weighted by molar-refractivity contribution is 5.52. The van der Waals surface area contributed by atoms with Gasteiger partial charge in [-0.15, -0.1) is 0 Å². The summed E-state index contributed by atoms with van der Waals surface area (Å²) in [5.74, 6) is 25.3. The average molecular weight is 1880 g/mol. The molecule has 0 heterocycles. The van der Waals surface area contributed by atoms with E-state index in [0.29, 0.717) is 65.0 Å². The molecule has 3 aromatic carbocycles. The largest absolute Gasteiger partial charge is 0.0959 e. The van der Waals surface area contributed by atoms with Gasteiger partial charge in [-0.25, -0.2) is 0 Å². The highest BCUT2D eigenvalue weighted by atomic mass is 14.9. The van der Waals surface area contributed by atoms with Gasteiger partial charge in [0.2, 0.25) is 0 Å². The molecule has 11 aliphatic rings. The maximum absolute atomic E-state index is 3.44. The van der Waals surface area contributed by atoms with Crippen molar-refractivity contribution in [1.29, 1.82) is 0 Å². The number of fused-ring (bicyclic) bond motifs is 7. The first kappa shape index (κ1) is 125. The Kier molecular flexibility index (Phi) is 32.7. The van der Waals surface area contributed by atoms with E-state index in [9.17, 15) is 0 Å². The highest BCUT2D eigenvalue weighted by Gasteiger charge is 2.90. The summed E-state index contributed by atoms with van der Waals surface area (Å²) >= 11 is 0. The van der Waals surface area contributed by atoms with Gasteiger partial charge in [-0.05, 0) is 423 Å². The van der Waals surface area contributed by atoms with Crippen molar-refractivity contribution in [3.05, 3.63) is 148 Å². The second-order valence-corrected chi connectivity index (χ2v) is 60.0. The van der Waals surface area contributed by atoms with Crippen molar-refractivity contribution >= 4 is 0 Å². The fraction of sp³-hybridized carbons (Fsp3) is 0.754. The SMILES string of the molecule is CC1(C)C#CC#CC1(C)C.CC1(C)C#CC(C)(C)C(C)(C)C1(C)C.CC1(C)C(C)(C)C2(C)C(C)(C)C(C)(C)C1(C)C(C)(C)C2(C)C.CC1(C)C(C)(C)C2(C)C(C)(C)C(C)(C)C1(C)C2(C)C.CC1=C(C)C(C)(C)C(C)(C)C#C1.CC1=C(C)C(C)(C)C(C)(C)C(C)=C1C.CC1=C(C)C2(C)C(C)(C)C(C)(C)C1(C)C2(C)C.Cc1c#cc#cc1C.Cc1c#cc(C)c(C)c1C.Cc1c(C)c(C)c(C)c(C)c1C. The molecule has 774 valence electrons. The topological polar surface area (TPSA) is 0 Å². The number of hydrogen-bond donors (Lipinski definition) is 0. The summed E-state index contributed by atoms with van der Waals surface area (Å²) in [5.41, 5.74) is 35.8. The second kappa shape index (κ2) is 36.2. The van der Waals surface area contributed by atoms with E-state index in [-0.39, 0.29) is 97.5 Å². The summed E-state index contributed by atoms with van der Waals surface area (Å²) in [7, 11) is 0. The van der Waals surface area contributed by atoms with E-state index in [4.69, 9.17) is 0 Å². The van der Waals surface area contributed by atoms with Gasteiger partial charge in [0.05, 0.1) is 0 Å². The van der Waals surface area contributed by atoms with Crippen LogP contribution in [0.25, 0.3) is 0 Å². The lowest BCUT2D eigenvalue weighted by molar-refractivity contribution is -0.433. The maximum Gasteiger partial charge on any atom is 0.0428 e. The van der Waals surface area contributed by atoms with Crippen molar-refractivity contribution in [2.75, 3.05) is 0 Å². The molecule has 6 saturated carbocycles. The van der Waals surface area contributed by atoms with E-state index in [0.717, 1.165) is 11.1 Å². The molecule has 0 nitrogen and oxygen atoms in total. The molecule has 0 heteroatoms. The summed E-state index contributed by atoms with van der Waals surface area (Å²) in [5, 5.41) is 0. The van der Waals surface area contributed by atoms with Gasteiger partial charge in [0, 0.05) is 54.7 Å². The van der Waals surface area contributed by atoms with Crippen LogP contribution in [0.3, 0.4) is 0 Å². The Bertz CT molecular complexity index is 5060. The van der Waals surface area contributed by atoms with Gasteiger partial charge >= 0.3 is 0 Å². The Morgan fingerprint density at radius 1 is 0.152 bits per heavy atom. The molecular weight excluding hydrogens is 1660 g/mol. The molecule has 0 aromatic heterocycles. The van der Waals surface area contributed by atoms with Gasteiger partial charge in [0.15, 0.2) is 0 Å². The highest BCUT2D eigenvalue weighted by Crippen LogP contribution is 2.95. The summed E-state index contributed by atoms with van der Waals surface area (Å²) in [6, 6.07) is 17.3. The zero-order chi connectivity index (χ0) is 110. The van der Waals surface area contributed by atoms with Gasteiger partial charge in [-0.1, -0.05) is 392 Å². The van der Waals surface area contributed by atoms with Crippen LogP contribution in [0.2, 0.25) is 0 Å². The van der Waals surface area contributed by atoms with Crippen molar-refractivity contribution in [3.63, 3.8) is 0 Å². The molecule has 0 amide bonds. The predicted octanol–water partition coefficient (Wildman–Crippen LogP) is 40.6. The van der Waals surface area contributed by atoms with Gasteiger partial charge < -0.3 is 0 Å². The van der Waals surface area contributed by atoms with Gasteiger partial charge in [-0.2, -0.15) is 0 Å². The fourth-order valence-electron chi connectivity index (χ4n) is 31.9. The molecule has 138 heavy (non-hydrogen) atoms. The molecular formula is C138H222. The number of rotatable bonds is 0. The van der Waals surface area contributed by atoms with Crippen LogP contribution in [-0.4, -0.2) is 0 Å². The quantitative estimate of drug-likeness (QED) is 0.155. The zero-order valence-corrected chi connectivity index (χ0v) is 106. The molecule has 2 unspecified atom stereocenters. The molecule has 0 spiro atoms. The summed E-state index contributed by atoms with van der Waals surface area (Å²) in [4.78, 5) is 0. The molecule has 2 atom stereocenters. The Balaban J connectivity index is 0.000000324. The Hall–Kier alpha value is -5.68. The fourth-order valence-corrected chi connectivity index (χ4v) is 31.9. The number of benzene rings is 1. The molecule has 6 bridgehead atoms. The minimum atomic E-state index is 0.0399. The molecule has 0 aliphatic heterocycles. The lowest BCUT2D eigenvalue weighted by atomic mass is 9.13. The first-order valence-electron chi connectivity index (χ1n) is 53.8. The van der Waals surface area contributed by atoms with Crippen LogP contribution in [0.15, 0.2) is 44.6 Å². The van der Waals surface area contributed by atoms with Crippen LogP contribution in [0.1, 0.15) is 496 Å². The minimum Gasteiger partial charge on any atom is -0.0959 e. The van der Waals surface area contributed by atoms with Crippen LogP contribution in [0, 0.1) is 329 Å². The predicted molar refractivity (Wildman–Crippen MR) is 613 cm³/mol. The summed E-state index contributed by atoms with van der Waals surface area (Å²) in [6.45, 7) is 175. The lowest BCUT2D eigenvalue weighted by Crippen LogP contribution is -2.85. The van der Waals surface area contributed by atoms with Gasteiger partial charge in [0.25, 0.3) is 0 Å². The Labute approximate surface area is 864 Å². The standard InChI is InChI=1S/C22H42.C19H36.C17H30.2C14H24.2C12H18.2C10H12.C8H6/c1-15(2)16(3,4)22(14)19(9,10)17(5,6)21(15,13)18(7,8)20(22,11)12;1-13(2)14(3,4)19(12)16(7,8)15(5,6)18(13,11)17(19,9)10;1-11-12(2)17(10)14(5,6)13(3,4)16(11,9)15(17,7)8;1-11(2)9-10-12(3,4)14(7,8)13(11,5)6;1-9-10(2)12(4)14(7,8)13(5,6)11(9)3;1-9-7-8-11(3,4)12(5,6)10(9)2;1-7-8(2)10(4)12(6)11(5)9(7)3;1-9(2)7-5-6-8-10(9,3)4;1-7-5-6-8(2)10(4)9(7)3;1-7-5-3-4-6-8(7)2/h1-14H3;1-12H3;1-10H3;2*1-8H3;2*1-6H3;2*1-4H3;1-2H3. The van der Waals surface area contributed by atoms with Crippen molar-refractivity contribution in [1.82, 2.24) is 0 Å². The lowest BCUT2D eigenvalue weighted by Gasteiger charge is -2.90. The summed E-state index contributed by atoms with van der Waals surface area (Å²) in [6.07, 6.45) is 0. The summed E-state index contributed by atoms with van der Waals surface area (Å²) < 4.78 is 0. The maximum atomic E-state index is 3.44. The van der Waals surface area contributed by atoms with Crippen LogP contribution in [-0.2, 0) is 0 Å². The van der Waals surface area contributed by atoms with E-state index < -0.39 is 0 Å². The molecule has 6 fully saturated rings. The van der Waals surface area contributed by atoms with Crippen molar-refractivity contribution in [3.8, 4) is 47.4 Å². The van der Waals surface area contributed by atoms with E-state index in [2.05, 4.69) is 582 Å². The molecule has 3 aromatic rings. The van der Waals surface area contributed by atoms with Crippen molar-refractivity contribution < 1.29 is 0 Å². The molecule has 0 radical (unpaired) electrons. The molecule has 14 rings (SSSR count). The molecule has 0 N–H and O–H groups in total. The first-order valence-corrected chi connectivity index (χ1v) is 53.8. The second-order valence-electron chi connectivity index (χ2n) is 60.0. The minimum absolute atomic E-state index is 0.0399.